The number of aromatic amines is 1. The summed E-state index contributed by atoms with van der Waals surface area (Å²) in [6.45, 7) is 2.41. The van der Waals surface area contributed by atoms with E-state index in [4.69, 9.17) is 12.2 Å². The molecule has 6 nitrogen and oxygen atoms in total. The van der Waals surface area contributed by atoms with Crippen LogP contribution in [0.2, 0.25) is 0 Å². The van der Waals surface area contributed by atoms with Crippen molar-refractivity contribution in [3.63, 3.8) is 0 Å². The van der Waals surface area contributed by atoms with Gasteiger partial charge in [0.2, 0.25) is 5.91 Å². The highest BCUT2D eigenvalue weighted by molar-refractivity contribution is 7.71. The van der Waals surface area contributed by atoms with Crippen LogP contribution < -0.4 is 5.32 Å². The van der Waals surface area contributed by atoms with Gasteiger partial charge in [-0.2, -0.15) is 5.10 Å². The van der Waals surface area contributed by atoms with E-state index in [1.807, 2.05) is 41.8 Å². The van der Waals surface area contributed by atoms with Gasteiger partial charge < -0.3 is 5.32 Å². The summed E-state index contributed by atoms with van der Waals surface area (Å²) in [6, 6.07) is 14.4. The van der Waals surface area contributed by atoms with Crippen LogP contribution in [0.3, 0.4) is 0 Å². The summed E-state index contributed by atoms with van der Waals surface area (Å²) >= 11 is 6.72. The number of nitrogens with one attached hydrogen (secondary N) is 2. The number of hydrogen-bond acceptors (Lipinski definition) is 5. The molecule has 2 aromatic carbocycles. The second-order valence-corrected chi connectivity index (χ2v) is 8.61. The number of halogens is 1. The number of anilines is 1. The highest BCUT2D eigenvalue weighted by Gasteiger charge is 2.12. The van der Waals surface area contributed by atoms with Crippen LogP contribution >= 0.6 is 23.6 Å². The lowest BCUT2D eigenvalue weighted by Crippen LogP contribution is -2.15. The predicted molar refractivity (Wildman–Crippen MR) is 122 cm³/mol. The Morgan fingerprint density at radius 3 is 2.90 bits per heavy atom. The number of nitrogens with zero attached hydrogens (tertiary/aromatic N) is 3. The van der Waals surface area contributed by atoms with Crippen molar-refractivity contribution in [1.82, 2.24) is 19.7 Å². The molecule has 0 aliphatic rings. The summed E-state index contributed by atoms with van der Waals surface area (Å²) in [5.74, 6) is 0.275. The molecule has 31 heavy (non-hydrogen) atoms. The van der Waals surface area contributed by atoms with Gasteiger partial charge in [0.05, 0.1) is 0 Å². The minimum Gasteiger partial charge on any atom is -0.302 e. The van der Waals surface area contributed by atoms with Crippen LogP contribution in [0.15, 0.2) is 54.7 Å². The Bertz CT molecular complexity index is 1280. The number of amides is 1. The average molecular weight is 454 g/mol. The van der Waals surface area contributed by atoms with Crippen molar-refractivity contribution in [2.24, 2.45) is 0 Å². The zero-order chi connectivity index (χ0) is 21.8. The van der Waals surface area contributed by atoms with Crippen LogP contribution in [0.4, 0.5) is 9.52 Å². The van der Waals surface area contributed by atoms with Crippen molar-refractivity contribution in [2.75, 3.05) is 5.32 Å². The van der Waals surface area contributed by atoms with E-state index in [1.165, 1.54) is 23.5 Å². The first kappa shape index (κ1) is 21.1. The van der Waals surface area contributed by atoms with Crippen LogP contribution in [-0.4, -0.2) is 25.7 Å². The van der Waals surface area contributed by atoms with E-state index in [0.29, 0.717) is 28.7 Å². The molecule has 0 saturated carbocycles. The second kappa shape index (κ2) is 9.32. The number of benzene rings is 2. The summed E-state index contributed by atoms with van der Waals surface area (Å²) in [5, 5.41) is 10.5. The molecule has 158 valence electrons. The molecule has 0 saturated heterocycles. The highest BCUT2D eigenvalue weighted by Crippen LogP contribution is 2.22. The lowest BCUT2D eigenvalue weighted by molar-refractivity contribution is -0.116. The molecule has 0 unspecified atom stereocenters. The molecule has 2 N–H and O–H groups in total. The number of hydrogen-bond donors (Lipinski definition) is 2. The van der Waals surface area contributed by atoms with E-state index in [0.717, 1.165) is 21.6 Å². The van der Waals surface area contributed by atoms with Gasteiger partial charge in [-0.05, 0) is 42.9 Å². The fourth-order valence-electron chi connectivity index (χ4n) is 3.22. The fourth-order valence-corrected chi connectivity index (χ4v) is 4.31. The molecule has 0 bridgehead atoms. The molecule has 0 aliphatic heterocycles. The summed E-state index contributed by atoms with van der Waals surface area (Å²) in [7, 11) is 0. The Labute approximate surface area is 187 Å². The van der Waals surface area contributed by atoms with Crippen molar-refractivity contribution in [3.8, 4) is 11.4 Å². The number of carbonyl (C=O) groups is 1. The number of rotatable bonds is 7. The van der Waals surface area contributed by atoms with Gasteiger partial charge in [-0.3, -0.25) is 14.5 Å². The molecular weight excluding hydrogens is 433 g/mol. The maximum Gasteiger partial charge on any atom is 0.227 e. The van der Waals surface area contributed by atoms with Gasteiger partial charge in [-0.15, -0.1) is 11.3 Å². The Balaban J connectivity index is 1.38. The van der Waals surface area contributed by atoms with E-state index in [-0.39, 0.29) is 18.1 Å². The maximum atomic E-state index is 13.3. The fraction of sp³-hybridized carbons (Fsp3) is 0.182. The van der Waals surface area contributed by atoms with Crippen LogP contribution in [0, 0.1) is 17.5 Å². The molecule has 0 aliphatic carbocycles. The van der Waals surface area contributed by atoms with Gasteiger partial charge in [0.15, 0.2) is 15.7 Å². The van der Waals surface area contributed by atoms with Crippen LogP contribution in [0.25, 0.3) is 11.4 Å². The van der Waals surface area contributed by atoms with Gasteiger partial charge in [-0.1, -0.05) is 35.9 Å². The number of aryl methyl sites for hydroxylation is 1. The minimum absolute atomic E-state index is 0.162. The molecule has 4 aromatic rings. The molecule has 0 fully saturated rings. The lowest BCUT2D eigenvalue weighted by atomic mass is 10.1. The first-order valence-corrected chi connectivity index (χ1v) is 10.9. The summed E-state index contributed by atoms with van der Waals surface area (Å²) < 4.78 is 15.6. The van der Waals surface area contributed by atoms with Gasteiger partial charge in [0.25, 0.3) is 0 Å². The first-order chi connectivity index (χ1) is 15.0. The Morgan fingerprint density at radius 2 is 2.10 bits per heavy atom. The summed E-state index contributed by atoms with van der Waals surface area (Å²) in [6.07, 6.45) is 2.49. The normalized spacial score (nSPS) is 10.9. The number of thiazole rings is 1. The molecule has 2 heterocycles. The van der Waals surface area contributed by atoms with Crippen LogP contribution in [0.1, 0.15) is 22.4 Å². The van der Waals surface area contributed by atoms with Gasteiger partial charge in [0, 0.05) is 36.0 Å². The van der Waals surface area contributed by atoms with Crippen LogP contribution in [0.5, 0.6) is 0 Å². The maximum absolute atomic E-state index is 13.3. The van der Waals surface area contributed by atoms with Crippen molar-refractivity contribution in [2.45, 2.75) is 26.3 Å². The Hall–Kier alpha value is -3.17. The third kappa shape index (κ3) is 5.31. The standard InChI is InChI=1S/C22H20FN5OS2/c1-14-4-2-6-16(10-14)20-26-27-22(30)28(20)9-8-19(29)25-21-24-13-18(31-21)12-15-5-3-7-17(23)11-15/h2-7,10-11,13H,8-9,12H2,1H3,(H,27,30)(H,24,25,29). The van der Waals surface area contributed by atoms with E-state index >= 15 is 0 Å². The summed E-state index contributed by atoms with van der Waals surface area (Å²) in [5.41, 5.74) is 2.92. The molecule has 1 amide bonds. The van der Waals surface area contributed by atoms with Gasteiger partial charge in [-0.25, -0.2) is 9.37 Å². The molecule has 0 radical (unpaired) electrons. The van der Waals surface area contributed by atoms with E-state index < -0.39 is 0 Å². The Morgan fingerprint density at radius 1 is 1.26 bits per heavy atom. The third-order valence-corrected chi connectivity index (χ3v) is 5.89. The van der Waals surface area contributed by atoms with E-state index in [1.54, 1.807) is 12.3 Å². The quantitative estimate of drug-likeness (QED) is 0.380. The molecule has 2 aromatic heterocycles. The minimum atomic E-state index is -0.265. The van der Waals surface area contributed by atoms with Gasteiger partial charge in [0.1, 0.15) is 5.82 Å². The SMILES string of the molecule is Cc1cccc(-c2n[nH]c(=S)n2CCC(=O)Nc2ncc(Cc3cccc(F)c3)s2)c1. The molecule has 0 atom stereocenters. The van der Waals surface area contributed by atoms with Gasteiger partial charge >= 0.3 is 0 Å². The number of carbonyl (C=O) groups excluding carboxylic acids is 1. The zero-order valence-electron chi connectivity index (χ0n) is 16.8. The van der Waals surface area contributed by atoms with Crippen molar-refractivity contribution in [3.05, 3.63) is 81.3 Å². The lowest BCUT2D eigenvalue weighted by Gasteiger charge is -2.07. The van der Waals surface area contributed by atoms with Crippen molar-refractivity contribution in [1.29, 1.82) is 0 Å². The molecular formula is C22H20FN5OS2. The smallest absolute Gasteiger partial charge is 0.227 e. The molecule has 9 heteroatoms. The average Bonchev–Trinajstić information content (AvgIpc) is 3.32. The predicted octanol–water partition coefficient (Wildman–Crippen LogP) is 5.13. The van der Waals surface area contributed by atoms with E-state index in [2.05, 4.69) is 20.5 Å². The van der Waals surface area contributed by atoms with Crippen LogP contribution in [-0.2, 0) is 17.8 Å². The third-order valence-electron chi connectivity index (χ3n) is 4.66. The summed E-state index contributed by atoms with van der Waals surface area (Å²) in [4.78, 5) is 17.7. The number of H-pyrrole nitrogens is 1. The second-order valence-electron chi connectivity index (χ2n) is 7.11. The van der Waals surface area contributed by atoms with E-state index in [9.17, 15) is 9.18 Å². The largest absolute Gasteiger partial charge is 0.302 e. The Kier molecular flexibility index (Phi) is 6.34. The van der Waals surface area contributed by atoms with Crippen molar-refractivity contribution >= 4 is 34.6 Å². The molecule has 0 spiro atoms. The molecule has 4 rings (SSSR count). The van der Waals surface area contributed by atoms with Crippen molar-refractivity contribution < 1.29 is 9.18 Å². The highest BCUT2D eigenvalue weighted by atomic mass is 32.1. The topological polar surface area (TPSA) is 75.6 Å². The number of aromatic nitrogens is 4. The monoisotopic (exact) mass is 453 g/mol. The first-order valence-electron chi connectivity index (χ1n) is 9.69. The zero-order valence-corrected chi connectivity index (χ0v) is 18.4.